The Hall–Kier alpha value is -3.48. The van der Waals surface area contributed by atoms with Gasteiger partial charge in [-0.25, -0.2) is 4.79 Å². The third-order valence-electron chi connectivity index (χ3n) is 5.48. The highest BCUT2D eigenvalue weighted by molar-refractivity contribution is 6.22. The Morgan fingerprint density at radius 1 is 1.00 bits per heavy atom. The van der Waals surface area contributed by atoms with Crippen LogP contribution in [-0.2, 0) is 11.2 Å². The van der Waals surface area contributed by atoms with Gasteiger partial charge in [-0.15, -0.1) is 0 Å². The third-order valence-corrected chi connectivity index (χ3v) is 5.48. The number of carbonyl (C=O) groups excluding carboxylic acids is 3. The minimum atomic E-state index is -1.03. The Morgan fingerprint density at radius 3 is 2.45 bits per heavy atom. The molecule has 0 aliphatic carbocycles. The van der Waals surface area contributed by atoms with Crippen molar-refractivity contribution >= 4 is 23.7 Å². The summed E-state index contributed by atoms with van der Waals surface area (Å²) < 4.78 is 0. The summed E-state index contributed by atoms with van der Waals surface area (Å²) in [6.45, 7) is 0.621. The van der Waals surface area contributed by atoms with Crippen molar-refractivity contribution < 1.29 is 24.3 Å². The number of carboxylic acids is 1. The number of rotatable bonds is 5. The molecule has 2 aromatic carbocycles. The monoisotopic (exact) mass is 392 g/mol. The van der Waals surface area contributed by atoms with Gasteiger partial charge in [-0.1, -0.05) is 30.3 Å². The van der Waals surface area contributed by atoms with Gasteiger partial charge in [-0.05, 0) is 43.0 Å². The molecule has 3 amide bonds. The number of imide groups is 1. The smallest absolute Gasteiger partial charge is 0.326 e. The first-order chi connectivity index (χ1) is 14.0. The molecular weight excluding hydrogens is 372 g/mol. The number of aliphatic carboxylic acids is 1. The Kier molecular flexibility index (Phi) is 4.88. The van der Waals surface area contributed by atoms with Crippen molar-refractivity contribution in [2.24, 2.45) is 0 Å². The summed E-state index contributed by atoms with van der Waals surface area (Å²) in [7, 11) is 0. The zero-order valence-electron chi connectivity index (χ0n) is 15.7. The van der Waals surface area contributed by atoms with Crippen LogP contribution >= 0.6 is 0 Å². The van der Waals surface area contributed by atoms with Crippen LogP contribution in [0, 0.1) is 0 Å². The van der Waals surface area contributed by atoms with Crippen molar-refractivity contribution in [3.05, 3.63) is 70.8 Å². The predicted octanol–water partition coefficient (Wildman–Crippen LogP) is 2.21. The lowest BCUT2D eigenvalue weighted by Crippen LogP contribution is -2.40. The molecule has 1 fully saturated rings. The molecule has 1 saturated heterocycles. The number of benzene rings is 2. The topological polar surface area (TPSA) is 95.0 Å². The Morgan fingerprint density at radius 2 is 1.72 bits per heavy atom. The standard InChI is InChI=1S/C22H20N2O5/c25-19(23-11-4-7-18(23)22(28)29)15-8-9-16-17(13-15)21(27)24(20(16)26)12-10-14-5-2-1-3-6-14/h1-3,5-6,8-9,13,18H,4,7,10-12H2,(H,28,29). The second-order valence-corrected chi connectivity index (χ2v) is 7.25. The third kappa shape index (κ3) is 3.40. The SMILES string of the molecule is O=C(O)C1CCCN1C(=O)c1ccc2c(c1)C(=O)N(CCc1ccccc1)C2=O. The summed E-state index contributed by atoms with van der Waals surface area (Å²) in [5.74, 6) is -2.26. The number of nitrogens with zero attached hydrogens (tertiary/aromatic N) is 2. The molecule has 1 N–H and O–H groups in total. The van der Waals surface area contributed by atoms with E-state index in [1.807, 2.05) is 30.3 Å². The van der Waals surface area contributed by atoms with Gasteiger partial charge in [0, 0.05) is 18.7 Å². The highest BCUT2D eigenvalue weighted by Gasteiger charge is 2.38. The van der Waals surface area contributed by atoms with Crippen molar-refractivity contribution in [2.75, 3.05) is 13.1 Å². The quantitative estimate of drug-likeness (QED) is 0.788. The molecule has 1 atom stereocenters. The van der Waals surface area contributed by atoms with Gasteiger partial charge < -0.3 is 10.0 Å². The molecule has 2 aromatic rings. The summed E-state index contributed by atoms with van der Waals surface area (Å²) in [5.41, 5.74) is 1.72. The first-order valence-electron chi connectivity index (χ1n) is 9.55. The van der Waals surface area contributed by atoms with Crippen molar-refractivity contribution in [2.45, 2.75) is 25.3 Å². The van der Waals surface area contributed by atoms with Gasteiger partial charge in [0.25, 0.3) is 17.7 Å². The molecule has 7 nitrogen and oxygen atoms in total. The van der Waals surface area contributed by atoms with E-state index in [0.717, 1.165) is 5.56 Å². The van der Waals surface area contributed by atoms with Gasteiger partial charge in [-0.2, -0.15) is 0 Å². The van der Waals surface area contributed by atoms with E-state index in [0.29, 0.717) is 25.8 Å². The van der Waals surface area contributed by atoms with Gasteiger partial charge in [-0.3, -0.25) is 19.3 Å². The minimum absolute atomic E-state index is 0.194. The van der Waals surface area contributed by atoms with Crippen molar-refractivity contribution in [1.82, 2.24) is 9.80 Å². The van der Waals surface area contributed by atoms with Crippen LogP contribution in [-0.4, -0.2) is 57.7 Å². The number of likely N-dealkylation sites (tertiary alicyclic amines) is 1. The zero-order valence-corrected chi connectivity index (χ0v) is 15.7. The van der Waals surface area contributed by atoms with Crippen LogP contribution in [0.3, 0.4) is 0 Å². The Labute approximate surface area is 167 Å². The lowest BCUT2D eigenvalue weighted by atomic mass is 10.0. The van der Waals surface area contributed by atoms with E-state index in [-0.39, 0.29) is 29.1 Å². The van der Waals surface area contributed by atoms with Crippen LogP contribution in [0.15, 0.2) is 48.5 Å². The maximum Gasteiger partial charge on any atom is 0.326 e. The fraction of sp³-hybridized carbons (Fsp3) is 0.273. The number of carbonyl (C=O) groups is 4. The molecule has 2 aliphatic rings. The van der Waals surface area contributed by atoms with Crippen LogP contribution in [0.1, 0.15) is 49.5 Å². The first kappa shape index (κ1) is 18.9. The minimum Gasteiger partial charge on any atom is -0.480 e. The highest BCUT2D eigenvalue weighted by Crippen LogP contribution is 2.26. The van der Waals surface area contributed by atoms with Crippen LogP contribution < -0.4 is 0 Å². The largest absolute Gasteiger partial charge is 0.480 e. The number of hydrogen-bond acceptors (Lipinski definition) is 4. The second-order valence-electron chi connectivity index (χ2n) is 7.25. The molecule has 0 bridgehead atoms. The van der Waals surface area contributed by atoms with E-state index in [1.54, 1.807) is 0 Å². The molecular formula is C22H20N2O5. The van der Waals surface area contributed by atoms with Crippen molar-refractivity contribution in [3.8, 4) is 0 Å². The predicted molar refractivity (Wildman–Crippen MR) is 104 cm³/mol. The van der Waals surface area contributed by atoms with Crippen molar-refractivity contribution in [1.29, 1.82) is 0 Å². The van der Waals surface area contributed by atoms with Crippen LogP contribution in [0.2, 0.25) is 0 Å². The van der Waals surface area contributed by atoms with E-state index in [1.165, 1.54) is 28.0 Å². The number of fused-ring (bicyclic) bond motifs is 1. The van der Waals surface area contributed by atoms with E-state index in [2.05, 4.69) is 0 Å². The van der Waals surface area contributed by atoms with E-state index >= 15 is 0 Å². The average Bonchev–Trinajstić information content (AvgIpc) is 3.31. The van der Waals surface area contributed by atoms with E-state index in [4.69, 9.17) is 0 Å². The molecule has 148 valence electrons. The fourth-order valence-electron chi connectivity index (χ4n) is 3.94. The van der Waals surface area contributed by atoms with Crippen LogP contribution in [0.4, 0.5) is 0 Å². The Bertz CT molecular complexity index is 1000. The van der Waals surface area contributed by atoms with Crippen LogP contribution in [0.25, 0.3) is 0 Å². The maximum atomic E-state index is 12.8. The first-order valence-corrected chi connectivity index (χ1v) is 9.55. The summed E-state index contributed by atoms with van der Waals surface area (Å²) in [4.78, 5) is 52.1. The van der Waals surface area contributed by atoms with Crippen molar-refractivity contribution in [3.63, 3.8) is 0 Å². The molecule has 0 spiro atoms. The summed E-state index contributed by atoms with van der Waals surface area (Å²) in [6, 6.07) is 13.1. The lowest BCUT2D eigenvalue weighted by molar-refractivity contribution is -0.141. The molecule has 2 heterocycles. The summed E-state index contributed by atoms with van der Waals surface area (Å²) in [5, 5.41) is 9.30. The van der Waals surface area contributed by atoms with Gasteiger partial charge in [0.15, 0.2) is 0 Å². The highest BCUT2D eigenvalue weighted by atomic mass is 16.4. The number of hydrogen-bond donors (Lipinski definition) is 1. The molecule has 1 unspecified atom stereocenters. The average molecular weight is 392 g/mol. The molecule has 4 rings (SSSR count). The second kappa shape index (κ2) is 7.50. The fourth-order valence-corrected chi connectivity index (χ4v) is 3.94. The number of amides is 3. The molecule has 0 radical (unpaired) electrons. The zero-order chi connectivity index (χ0) is 20.5. The molecule has 0 saturated carbocycles. The maximum absolute atomic E-state index is 12.8. The molecule has 29 heavy (non-hydrogen) atoms. The van der Waals surface area contributed by atoms with Crippen LogP contribution in [0.5, 0.6) is 0 Å². The molecule has 0 aromatic heterocycles. The molecule has 7 heteroatoms. The number of carboxylic acid groups (broad SMARTS) is 1. The molecule has 2 aliphatic heterocycles. The lowest BCUT2D eigenvalue weighted by Gasteiger charge is -2.21. The van der Waals surface area contributed by atoms with Gasteiger partial charge in [0.2, 0.25) is 0 Å². The van der Waals surface area contributed by atoms with Gasteiger partial charge in [0.1, 0.15) is 6.04 Å². The van der Waals surface area contributed by atoms with E-state index in [9.17, 15) is 24.3 Å². The summed E-state index contributed by atoms with van der Waals surface area (Å²) >= 11 is 0. The van der Waals surface area contributed by atoms with Gasteiger partial charge >= 0.3 is 5.97 Å². The Balaban J connectivity index is 1.54. The van der Waals surface area contributed by atoms with Gasteiger partial charge in [0.05, 0.1) is 11.1 Å². The normalized spacial score (nSPS) is 18.3. The van der Waals surface area contributed by atoms with E-state index < -0.39 is 23.8 Å². The summed E-state index contributed by atoms with van der Waals surface area (Å²) in [6.07, 6.45) is 1.58.